The molecule has 39 heavy (non-hydrogen) atoms. The van der Waals surface area contributed by atoms with Crippen LogP contribution in [0.4, 0.5) is 0 Å². The van der Waals surface area contributed by atoms with Gasteiger partial charge in [0.2, 0.25) is 0 Å². The number of esters is 2. The predicted molar refractivity (Wildman–Crippen MR) is 150 cm³/mol. The maximum atomic E-state index is 13.0. The normalized spacial score (nSPS) is 12.2. The fourth-order valence-corrected chi connectivity index (χ4v) is 4.42. The van der Waals surface area contributed by atoms with Gasteiger partial charge in [0.1, 0.15) is 23.0 Å². The fraction of sp³-hybridized carbons (Fsp3) is 0.312. The summed E-state index contributed by atoms with van der Waals surface area (Å²) in [5.41, 5.74) is 10.2. The molecule has 0 spiro atoms. The lowest BCUT2D eigenvalue weighted by atomic mass is 9.95. The van der Waals surface area contributed by atoms with Crippen molar-refractivity contribution in [1.29, 1.82) is 0 Å². The van der Waals surface area contributed by atoms with Crippen LogP contribution in [-0.2, 0) is 32.0 Å². The molecule has 0 aliphatic rings. The van der Waals surface area contributed by atoms with Crippen molar-refractivity contribution in [3.8, 4) is 16.9 Å². The van der Waals surface area contributed by atoms with E-state index >= 15 is 0 Å². The number of para-hydroxylation sites is 1. The Hall–Kier alpha value is -4.10. The highest BCUT2D eigenvalue weighted by molar-refractivity contribution is 5.93. The number of carbonyl (C=O) groups excluding carboxylic acids is 2. The van der Waals surface area contributed by atoms with Crippen LogP contribution in [0.1, 0.15) is 56.9 Å². The lowest BCUT2D eigenvalue weighted by Crippen LogP contribution is -2.26. The summed E-state index contributed by atoms with van der Waals surface area (Å²) in [6.45, 7) is 7.96. The topological polar surface area (TPSA) is 101 Å². The van der Waals surface area contributed by atoms with Crippen LogP contribution >= 0.6 is 0 Å². The fourth-order valence-electron chi connectivity index (χ4n) is 4.42. The van der Waals surface area contributed by atoms with Gasteiger partial charge < -0.3 is 24.4 Å². The molecule has 204 valence electrons. The summed E-state index contributed by atoms with van der Waals surface area (Å²) >= 11 is 0. The number of benzene rings is 3. The second-order valence-corrected chi connectivity index (χ2v) is 10.3. The Morgan fingerprint density at radius 3 is 2.51 bits per heavy atom. The third-order valence-electron chi connectivity index (χ3n) is 6.07. The van der Waals surface area contributed by atoms with E-state index < -0.39 is 17.7 Å². The van der Waals surface area contributed by atoms with Gasteiger partial charge in [0.05, 0.1) is 25.7 Å². The Labute approximate surface area is 228 Å². The maximum Gasteiger partial charge on any atom is 0.310 e. The minimum Gasteiger partial charge on any atom is -0.485 e. The largest absolute Gasteiger partial charge is 0.485 e. The summed E-state index contributed by atoms with van der Waals surface area (Å²) in [6, 6.07) is 21.1. The van der Waals surface area contributed by atoms with Gasteiger partial charge in [-0.25, -0.2) is 0 Å². The van der Waals surface area contributed by atoms with Crippen LogP contribution in [0.2, 0.25) is 0 Å². The van der Waals surface area contributed by atoms with E-state index in [-0.39, 0.29) is 18.8 Å². The van der Waals surface area contributed by atoms with E-state index in [9.17, 15) is 9.59 Å². The minimum absolute atomic E-state index is 0.0311. The molecule has 0 aliphatic carbocycles. The number of nitrogens with two attached hydrogens (primary N) is 1. The van der Waals surface area contributed by atoms with E-state index in [2.05, 4.69) is 0 Å². The van der Waals surface area contributed by atoms with Crippen LogP contribution in [0.3, 0.4) is 0 Å². The third-order valence-corrected chi connectivity index (χ3v) is 6.07. The van der Waals surface area contributed by atoms with Gasteiger partial charge in [-0.2, -0.15) is 0 Å². The lowest BCUT2D eigenvalue weighted by molar-refractivity contribution is -0.156. The van der Waals surface area contributed by atoms with E-state index in [4.69, 9.17) is 24.4 Å². The predicted octanol–water partition coefficient (Wildman–Crippen LogP) is 6.52. The van der Waals surface area contributed by atoms with Gasteiger partial charge in [-0.15, -0.1) is 0 Å². The molecule has 0 aliphatic heterocycles. The van der Waals surface area contributed by atoms with Crippen LogP contribution in [0.15, 0.2) is 77.4 Å². The average molecular weight is 530 g/mol. The van der Waals surface area contributed by atoms with Gasteiger partial charge in [-0.3, -0.25) is 9.59 Å². The zero-order valence-corrected chi connectivity index (χ0v) is 22.9. The molecule has 7 heteroatoms. The number of hydrogen-bond acceptors (Lipinski definition) is 7. The smallest absolute Gasteiger partial charge is 0.310 e. The number of furan rings is 1. The van der Waals surface area contributed by atoms with Gasteiger partial charge in [-0.1, -0.05) is 36.4 Å². The number of fused-ring (bicyclic) bond motifs is 1. The van der Waals surface area contributed by atoms with E-state index in [1.807, 2.05) is 81.4 Å². The minimum atomic E-state index is -0.695. The van der Waals surface area contributed by atoms with Gasteiger partial charge in [0.25, 0.3) is 0 Å². The highest BCUT2D eigenvalue weighted by atomic mass is 16.6. The van der Waals surface area contributed by atoms with Crippen LogP contribution in [-0.4, -0.2) is 24.1 Å². The average Bonchev–Trinajstić information content (AvgIpc) is 3.37. The summed E-state index contributed by atoms with van der Waals surface area (Å²) in [7, 11) is 0. The Morgan fingerprint density at radius 2 is 1.77 bits per heavy atom. The molecule has 7 nitrogen and oxygen atoms in total. The van der Waals surface area contributed by atoms with Crippen LogP contribution in [0, 0.1) is 0 Å². The molecular weight excluding hydrogens is 494 g/mol. The molecule has 0 bridgehead atoms. The highest BCUT2D eigenvalue weighted by Crippen LogP contribution is 2.36. The van der Waals surface area contributed by atoms with Crippen molar-refractivity contribution in [2.45, 2.75) is 58.8 Å². The molecule has 4 rings (SSSR count). The lowest BCUT2D eigenvalue weighted by Gasteiger charge is -2.24. The summed E-state index contributed by atoms with van der Waals surface area (Å²) in [6.07, 6.45) is 0.972. The van der Waals surface area contributed by atoms with Crippen molar-refractivity contribution in [2.75, 3.05) is 6.61 Å². The quantitative estimate of drug-likeness (QED) is 0.234. The number of hydrogen-bond donors (Lipinski definition) is 1. The Balaban J connectivity index is 1.78. The van der Waals surface area contributed by atoms with E-state index in [0.29, 0.717) is 24.5 Å². The summed E-state index contributed by atoms with van der Waals surface area (Å²) in [5.74, 6) is -0.244. The second kappa shape index (κ2) is 12.2. The van der Waals surface area contributed by atoms with Crippen molar-refractivity contribution in [3.05, 3.63) is 89.7 Å². The first kappa shape index (κ1) is 27.9. The van der Waals surface area contributed by atoms with Crippen molar-refractivity contribution < 1.29 is 28.2 Å². The third kappa shape index (κ3) is 7.27. The summed E-state index contributed by atoms with van der Waals surface area (Å²) < 4.78 is 23.1. The number of ether oxygens (including phenoxy) is 3. The first-order chi connectivity index (χ1) is 18.7. The summed E-state index contributed by atoms with van der Waals surface area (Å²) in [5, 5.41) is 0.873. The van der Waals surface area contributed by atoms with E-state index in [1.165, 1.54) is 0 Å². The van der Waals surface area contributed by atoms with Gasteiger partial charge in [0.15, 0.2) is 0 Å². The molecule has 1 atom stereocenters. The van der Waals surface area contributed by atoms with Crippen LogP contribution < -0.4 is 10.5 Å². The zero-order chi connectivity index (χ0) is 28.0. The molecule has 1 unspecified atom stereocenters. The van der Waals surface area contributed by atoms with Gasteiger partial charge in [0, 0.05) is 23.1 Å². The van der Waals surface area contributed by atoms with Crippen LogP contribution in [0.25, 0.3) is 22.1 Å². The monoisotopic (exact) mass is 529 g/mol. The van der Waals surface area contributed by atoms with E-state index in [0.717, 1.165) is 33.2 Å². The molecule has 0 saturated heterocycles. The molecule has 3 aromatic carbocycles. The SMILES string of the molecule is CCOC(=O)Cc1ccccc1OC(CC(=O)OC(C)(C)C)c1cc(-c2cccc(CN)c2)c2occc2c1. The first-order valence-corrected chi connectivity index (χ1v) is 13.1. The molecule has 1 aromatic heterocycles. The van der Waals surface area contributed by atoms with Crippen molar-refractivity contribution in [1.82, 2.24) is 0 Å². The molecule has 1 heterocycles. The summed E-state index contributed by atoms with van der Waals surface area (Å²) in [4.78, 5) is 25.3. The maximum absolute atomic E-state index is 13.0. The second-order valence-electron chi connectivity index (χ2n) is 10.3. The molecule has 4 aromatic rings. The Kier molecular flexibility index (Phi) is 8.72. The molecule has 0 fully saturated rings. The standard InChI is InChI=1S/C32H35NO6/c1-5-36-29(34)18-23-10-6-7-12-27(23)38-28(19-30(35)39-32(2,3)4)25-16-24-13-14-37-31(24)26(17-25)22-11-8-9-21(15-22)20-33/h6-17,28H,5,18-20,33H2,1-4H3. The Morgan fingerprint density at radius 1 is 0.974 bits per heavy atom. The van der Waals surface area contributed by atoms with Gasteiger partial charge in [-0.05, 0) is 74.7 Å². The molecular formula is C32H35NO6. The van der Waals surface area contributed by atoms with Gasteiger partial charge >= 0.3 is 11.9 Å². The molecule has 0 saturated carbocycles. The van der Waals surface area contributed by atoms with Crippen molar-refractivity contribution in [2.24, 2.45) is 5.73 Å². The van der Waals surface area contributed by atoms with Crippen molar-refractivity contribution >= 4 is 22.9 Å². The number of rotatable bonds is 10. The zero-order valence-electron chi connectivity index (χ0n) is 22.9. The van der Waals surface area contributed by atoms with Crippen molar-refractivity contribution in [3.63, 3.8) is 0 Å². The van der Waals surface area contributed by atoms with Crippen LogP contribution in [0.5, 0.6) is 5.75 Å². The first-order valence-electron chi connectivity index (χ1n) is 13.1. The highest BCUT2D eigenvalue weighted by Gasteiger charge is 2.26. The number of carbonyl (C=O) groups is 2. The van der Waals surface area contributed by atoms with E-state index in [1.54, 1.807) is 19.3 Å². The Bertz CT molecular complexity index is 1450. The molecule has 0 radical (unpaired) electrons. The molecule has 0 amide bonds. The molecule has 2 N–H and O–H groups in total.